The molecular formula is C18H25NO3. The smallest absolute Gasteiger partial charge is 0.307 e. The van der Waals surface area contributed by atoms with Crippen molar-refractivity contribution in [1.82, 2.24) is 5.32 Å². The third-order valence-electron chi connectivity index (χ3n) is 4.68. The summed E-state index contributed by atoms with van der Waals surface area (Å²) >= 11 is 0. The van der Waals surface area contributed by atoms with Crippen LogP contribution < -0.4 is 5.32 Å². The predicted molar refractivity (Wildman–Crippen MR) is 85.6 cm³/mol. The van der Waals surface area contributed by atoms with E-state index in [1.165, 1.54) is 0 Å². The van der Waals surface area contributed by atoms with Crippen molar-refractivity contribution in [3.05, 3.63) is 34.9 Å². The zero-order chi connectivity index (χ0) is 16.3. The zero-order valence-electron chi connectivity index (χ0n) is 13.6. The number of aliphatic carboxylic acids is 1. The zero-order valence-corrected chi connectivity index (χ0v) is 13.6. The fourth-order valence-electron chi connectivity index (χ4n) is 3.36. The van der Waals surface area contributed by atoms with Crippen LogP contribution in [0.1, 0.15) is 55.3 Å². The van der Waals surface area contributed by atoms with Crippen molar-refractivity contribution in [2.75, 3.05) is 0 Å². The maximum absolute atomic E-state index is 12.5. The summed E-state index contributed by atoms with van der Waals surface area (Å²) in [6.45, 7) is 6.01. The summed E-state index contributed by atoms with van der Waals surface area (Å²) in [5, 5.41) is 12.3. The second kappa shape index (κ2) is 6.95. The van der Waals surface area contributed by atoms with E-state index in [9.17, 15) is 14.7 Å². The number of carboxylic acid groups (broad SMARTS) is 1. The molecule has 2 rings (SSSR count). The van der Waals surface area contributed by atoms with Gasteiger partial charge in [0.2, 0.25) is 5.91 Å². The number of carbonyl (C=O) groups is 2. The molecule has 120 valence electrons. The molecule has 0 unspecified atom stereocenters. The first-order chi connectivity index (χ1) is 10.4. The maximum Gasteiger partial charge on any atom is 0.307 e. The van der Waals surface area contributed by atoms with Crippen molar-refractivity contribution in [2.24, 2.45) is 11.8 Å². The van der Waals surface area contributed by atoms with Crippen LogP contribution in [0, 0.1) is 25.7 Å². The third kappa shape index (κ3) is 3.67. The fourth-order valence-corrected chi connectivity index (χ4v) is 3.36. The van der Waals surface area contributed by atoms with Crippen LogP contribution in [0.15, 0.2) is 18.2 Å². The Balaban J connectivity index is 2.10. The summed E-state index contributed by atoms with van der Waals surface area (Å²) in [5.74, 6) is -1.92. The van der Waals surface area contributed by atoms with Crippen molar-refractivity contribution in [2.45, 2.75) is 52.5 Å². The second-order valence-corrected chi connectivity index (χ2v) is 6.43. The second-order valence-electron chi connectivity index (χ2n) is 6.43. The molecule has 4 heteroatoms. The predicted octanol–water partition coefficient (Wildman–Crippen LogP) is 3.37. The van der Waals surface area contributed by atoms with Gasteiger partial charge < -0.3 is 10.4 Å². The largest absolute Gasteiger partial charge is 0.481 e. The molecule has 1 aromatic carbocycles. The van der Waals surface area contributed by atoms with Crippen LogP contribution >= 0.6 is 0 Å². The topological polar surface area (TPSA) is 66.4 Å². The van der Waals surface area contributed by atoms with E-state index in [0.717, 1.165) is 29.5 Å². The van der Waals surface area contributed by atoms with Gasteiger partial charge in [-0.1, -0.05) is 36.6 Å². The molecule has 1 fully saturated rings. The van der Waals surface area contributed by atoms with Crippen molar-refractivity contribution in [1.29, 1.82) is 0 Å². The molecule has 2 N–H and O–H groups in total. The Morgan fingerprint density at radius 1 is 1.18 bits per heavy atom. The standard InChI is InChI=1S/C18H25NO3/c1-11-8-9-12(2)16(10-11)13(3)19-17(20)14-6-4-5-7-15(14)18(21)22/h8-10,13-15H,4-7H2,1-3H3,(H,19,20)(H,21,22)/t13-,14+,15+/m1/s1. The van der Waals surface area contributed by atoms with Crippen LogP contribution in [0.4, 0.5) is 0 Å². The van der Waals surface area contributed by atoms with Gasteiger partial charge in [0.1, 0.15) is 0 Å². The minimum Gasteiger partial charge on any atom is -0.481 e. The Labute approximate surface area is 131 Å². The number of benzene rings is 1. The van der Waals surface area contributed by atoms with Gasteiger partial charge in [-0.25, -0.2) is 0 Å². The molecule has 0 saturated heterocycles. The van der Waals surface area contributed by atoms with Gasteiger partial charge in [-0.3, -0.25) is 9.59 Å². The Hall–Kier alpha value is -1.84. The lowest BCUT2D eigenvalue weighted by atomic mass is 9.78. The Bertz CT molecular complexity index is 567. The number of nitrogens with one attached hydrogen (secondary N) is 1. The van der Waals surface area contributed by atoms with E-state index >= 15 is 0 Å². The van der Waals surface area contributed by atoms with E-state index in [0.29, 0.717) is 12.8 Å². The van der Waals surface area contributed by atoms with Gasteiger partial charge >= 0.3 is 5.97 Å². The van der Waals surface area contributed by atoms with Crippen molar-refractivity contribution in [3.63, 3.8) is 0 Å². The number of amides is 1. The highest BCUT2D eigenvalue weighted by Crippen LogP contribution is 2.31. The minimum atomic E-state index is -0.848. The van der Waals surface area contributed by atoms with E-state index in [-0.39, 0.29) is 11.9 Å². The van der Waals surface area contributed by atoms with Crippen molar-refractivity contribution in [3.8, 4) is 0 Å². The van der Waals surface area contributed by atoms with E-state index in [1.54, 1.807) is 0 Å². The molecule has 0 radical (unpaired) electrons. The lowest BCUT2D eigenvalue weighted by molar-refractivity contribution is -0.149. The molecule has 0 heterocycles. The number of hydrogen-bond donors (Lipinski definition) is 2. The molecular weight excluding hydrogens is 278 g/mol. The Kier molecular flexibility index (Phi) is 5.22. The summed E-state index contributed by atoms with van der Waals surface area (Å²) in [7, 11) is 0. The summed E-state index contributed by atoms with van der Waals surface area (Å²) in [6.07, 6.45) is 3.10. The molecule has 0 bridgehead atoms. The average molecular weight is 303 g/mol. The van der Waals surface area contributed by atoms with Gasteiger partial charge in [-0.2, -0.15) is 0 Å². The third-order valence-corrected chi connectivity index (χ3v) is 4.68. The lowest BCUT2D eigenvalue weighted by Gasteiger charge is -2.29. The van der Waals surface area contributed by atoms with Crippen LogP contribution in [-0.2, 0) is 9.59 Å². The molecule has 1 aromatic rings. The molecule has 22 heavy (non-hydrogen) atoms. The van der Waals surface area contributed by atoms with Gasteiger partial charge in [-0.15, -0.1) is 0 Å². The maximum atomic E-state index is 12.5. The molecule has 0 aliphatic heterocycles. The van der Waals surface area contributed by atoms with Gasteiger partial charge in [0, 0.05) is 0 Å². The van der Waals surface area contributed by atoms with Crippen LogP contribution in [0.3, 0.4) is 0 Å². The summed E-state index contributed by atoms with van der Waals surface area (Å²) in [5.41, 5.74) is 3.38. The van der Waals surface area contributed by atoms with Gasteiger partial charge in [0.05, 0.1) is 17.9 Å². The fraction of sp³-hybridized carbons (Fsp3) is 0.556. The Morgan fingerprint density at radius 3 is 2.45 bits per heavy atom. The van der Waals surface area contributed by atoms with Crippen molar-refractivity contribution >= 4 is 11.9 Å². The number of aryl methyl sites for hydroxylation is 2. The van der Waals surface area contributed by atoms with E-state index in [4.69, 9.17) is 0 Å². The molecule has 0 spiro atoms. The first kappa shape index (κ1) is 16.5. The highest BCUT2D eigenvalue weighted by Gasteiger charge is 2.36. The quantitative estimate of drug-likeness (QED) is 0.896. The first-order valence-electron chi connectivity index (χ1n) is 8.00. The summed E-state index contributed by atoms with van der Waals surface area (Å²) < 4.78 is 0. The molecule has 4 nitrogen and oxygen atoms in total. The molecule has 1 aliphatic rings. The Morgan fingerprint density at radius 2 is 1.82 bits per heavy atom. The molecule has 3 atom stereocenters. The van der Waals surface area contributed by atoms with Crippen LogP contribution in [0.5, 0.6) is 0 Å². The van der Waals surface area contributed by atoms with E-state index in [2.05, 4.69) is 17.4 Å². The molecule has 1 aliphatic carbocycles. The van der Waals surface area contributed by atoms with Crippen LogP contribution in [0.25, 0.3) is 0 Å². The summed E-state index contributed by atoms with van der Waals surface area (Å²) in [6, 6.07) is 6.07. The summed E-state index contributed by atoms with van der Waals surface area (Å²) in [4.78, 5) is 23.9. The van der Waals surface area contributed by atoms with E-state index in [1.807, 2.05) is 26.8 Å². The highest BCUT2D eigenvalue weighted by molar-refractivity contribution is 5.85. The first-order valence-corrected chi connectivity index (χ1v) is 8.00. The molecule has 1 saturated carbocycles. The average Bonchev–Trinajstić information content (AvgIpc) is 2.49. The number of carboxylic acids is 1. The number of rotatable bonds is 4. The SMILES string of the molecule is Cc1ccc(C)c([C@@H](C)NC(=O)[C@H]2CCCC[C@@H]2C(=O)O)c1. The number of carbonyl (C=O) groups excluding carboxylic acids is 1. The van der Waals surface area contributed by atoms with Gasteiger partial charge in [0.15, 0.2) is 0 Å². The van der Waals surface area contributed by atoms with Gasteiger partial charge in [-0.05, 0) is 44.7 Å². The highest BCUT2D eigenvalue weighted by atomic mass is 16.4. The molecule has 0 aromatic heterocycles. The molecule has 1 amide bonds. The van der Waals surface area contributed by atoms with Gasteiger partial charge in [0.25, 0.3) is 0 Å². The van der Waals surface area contributed by atoms with E-state index < -0.39 is 17.8 Å². The van der Waals surface area contributed by atoms with Crippen LogP contribution in [0.2, 0.25) is 0 Å². The number of hydrogen-bond acceptors (Lipinski definition) is 2. The van der Waals surface area contributed by atoms with Crippen molar-refractivity contribution < 1.29 is 14.7 Å². The minimum absolute atomic E-state index is 0.108. The monoisotopic (exact) mass is 303 g/mol. The lowest BCUT2D eigenvalue weighted by Crippen LogP contribution is -2.40. The normalized spacial score (nSPS) is 22.9. The van der Waals surface area contributed by atoms with Crippen LogP contribution in [-0.4, -0.2) is 17.0 Å².